The van der Waals surface area contributed by atoms with E-state index in [2.05, 4.69) is 15.9 Å². The molecule has 0 aromatic heterocycles. The van der Waals surface area contributed by atoms with Gasteiger partial charge in [0.1, 0.15) is 5.75 Å². The molecule has 0 radical (unpaired) electrons. The van der Waals surface area contributed by atoms with Gasteiger partial charge in [-0.1, -0.05) is 15.9 Å². The summed E-state index contributed by atoms with van der Waals surface area (Å²) in [5.41, 5.74) is 1.51. The molecule has 1 atom stereocenters. The maximum atomic E-state index is 12.3. The van der Waals surface area contributed by atoms with Crippen molar-refractivity contribution in [3.05, 3.63) is 29.3 Å². The zero-order valence-corrected chi connectivity index (χ0v) is 11.4. The fourth-order valence-corrected chi connectivity index (χ4v) is 2.84. The molecule has 17 heavy (non-hydrogen) atoms. The van der Waals surface area contributed by atoms with Gasteiger partial charge in [-0.3, -0.25) is 4.79 Å². The van der Waals surface area contributed by atoms with E-state index in [9.17, 15) is 9.90 Å². The lowest BCUT2D eigenvalue weighted by Gasteiger charge is -2.30. The average Bonchev–Trinajstić information content (AvgIpc) is 2.28. The number of benzene rings is 1. The highest BCUT2D eigenvalue weighted by atomic mass is 79.9. The fraction of sp³-hybridized carbons (Fsp3) is 0.462. The standard InChI is InChI=1S/C13H16BrNO2/c1-9-7-11(16)4-5-12(9)13(17)15-6-2-3-10(14)8-15/h4-5,7,10,16H,2-3,6,8H2,1H3. The molecule has 3 nitrogen and oxygen atoms in total. The number of phenolic OH excluding ortho intramolecular Hbond substituents is 1. The molecule has 0 spiro atoms. The number of hydrogen-bond donors (Lipinski definition) is 1. The molecule has 2 rings (SSSR count). The van der Waals surface area contributed by atoms with Crippen LogP contribution in [-0.2, 0) is 0 Å². The van der Waals surface area contributed by atoms with E-state index in [0.717, 1.165) is 31.5 Å². The lowest BCUT2D eigenvalue weighted by molar-refractivity contribution is 0.0729. The number of aryl methyl sites for hydroxylation is 1. The molecule has 1 heterocycles. The third-order valence-electron chi connectivity index (χ3n) is 3.09. The van der Waals surface area contributed by atoms with Gasteiger partial charge < -0.3 is 10.0 Å². The van der Waals surface area contributed by atoms with Crippen molar-refractivity contribution in [1.82, 2.24) is 4.90 Å². The number of piperidine rings is 1. The highest BCUT2D eigenvalue weighted by Gasteiger charge is 2.23. The highest BCUT2D eigenvalue weighted by molar-refractivity contribution is 9.09. The smallest absolute Gasteiger partial charge is 0.254 e. The molecule has 1 saturated heterocycles. The number of carbonyl (C=O) groups is 1. The van der Waals surface area contributed by atoms with Crippen LogP contribution in [0.1, 0.15) is 28.8 Å². The molecular weight excluding hydrogens is 282 g/mol. The Kier molecular flexibility index (Phi) is 3.72. The van der Waals surface area contributed by atoms with Crippen molar-refractivity contribution in [3.8, 4) is 5.75 Å². The Morgan fingerprint density at radius 1 is 1.53 bits per heavy atom. The molecule has 1 aliphatic heterocycles. The number of likely N-dealkylation sites (tertiary alicyclic amines) is 1. The molecule has 1 fully saturated rings. The molecule has 1 aliphatic rings. The van der Waals surface area contributed by atoms with Crippen LogP contribution in [-0.4, -0.2) is 33.8 Å². The van der Waals surface area contributed by atoms with Crippen LogP contribution in [0, 0.1) is 6.92 Å². The summed E-state index contributed by atoms with van der Waals surface area (Å²) in [7, 11) is 0. The van der Waals surface area contributed by atoms with Crippen LogP contribution in [0.25, 0.3) is 0 Å². The van der Waals surface area contributed by atoms with Crippen molar-refractivity contribution in [2.45, 2.75) is 24.6 Å². The monoisotopic (exact) mass is 297 g/mol. The number of aromatic hydroxyl groups is 1. The van der Waals surface area contributed by atoms with E-state index in [1.807, 2.05) is 11.8 Å². The first-order valence-corrected chi connectivity index (χ1v) is 6.72. The van der Waals surface area contributed by atoms with Crippen molar-refractivity contribution in [1.29, 1.82) is 0 Å². The molecular formula is C13H16BrNO2. The predicted octanol–water partition coefficient (Wildman–Crippen LogP) is 2.70. The number of halogens is 1. The average molecular weight is 298 g/mol. The third kappa shape index (κ3) is 2.80. The normalized spacial score (nSPS) is 20.4. The van der Waals surface area contributed by atoms with Crippen LogP contribution < -0.4 is 0 Å². The number of nitrogens with zero attached hydrogens (tertiary/aromatic N) is 1. The van der Waals surface area contributed by atoms with Gasteiger partial charge in [0, 0.05) is 23.5 Å². The number of alkyl halides is 1. The Bertz CT molecular complexity index is 433. The second-order valence-electron chi connectivity index (χ2n) is 4.49. The molecule has 4 heteroatoms. The molecule has 0 bridgehead atoms. The minimum Gasteiger partial charge on any atom is -0.508 e. The topological polar surface area (TPSA) is 40.5 Å². The first-order valence-electron chi connectivity index (χ1n) is 5.81. The van der Waals surface area contributed by atoms with Crippen molar-refractivity contribution in [2.24, 2.45) is 0 Å². The summed E-state index contributed by atoms with van der Waals surface area (Å²) in [6.07, 6.45) is 2.16. The molecule has 1 amide bonds. The number of carbonyl (C=O) groups excluding carboxylic acids is 1. The summed E-state index contributed by atoms with van der Waals surface area (Å²) in [6, 6.07) is 4.89. The molecule has 92 valence electrons. The minimum absolute atomic E-state index is 0.0617. The lowest BCUT2D eigenvalue weighted by atomic mass is 10.0. The summed E-state index contributed by atoms with van der Waals surface area (Å²) < 4.78 is 0. The maximum absolute atomic E-state index is 12.3. The van der Waals surface area contributed by atoms with Gasteiger partial charge in [0.25, 0.3) is 5.91 Å². The van der Waals surface area contributed by atoms with Crippen molar-refractivity contribution < 1.29 is 9.90 Å². The van der Waals surface area contributed by atoms with Gasteiger partial charge in [0.15, 0.2) is 0 Å². The van der Waals surface area contributed by atoms with Gasteiger partial charge >= 0.3 is 0 Å². The van der Waals surface area contributed by atoms with Crippen LogP contribution in [0.15, 0.2) is 18.2 Å². The van der Waals surface area contributed by atoms with Crippen LogP contribution in [0.3, 0.4) is 0 Å². The Morgan fingerprint density at radius 3 is 2.94 bits per heavy atom. The molecule has 1 N–H and O–H groups in total. The Labute approximate surface area is 110 Å². The van der Waals surface area contributed by atoms with Crippen LogP contribution in [0.2, 0.25) is 0 Å². The Balaban J connectivity index is 2.18. The minimum atomic E-state index is 0.0617. The summed E-state index contributed by atoms with van der Waals surface area (Å²) in [5.74, 6) is 0.266. The number of rotatable bonds is 1. The van der Waals surface area contributed by atoms with Crippen molar-refractivity contribution in [3.63, 3.8) is 0 Å². The van der Waals surface area contributed by atoms with Crippen molar-refractivity contribution >= 4 is 21.8 Å². The summed E-state index contributed by atoms with van der Waals surface area (Å²) in [4.78, 5) is 14.6. The number of amides is 1. The maximum Gasteiger partial charge on any atom is 0.254 e. The molecule has 1 unspecified atom stereocenters. The van der Waals surface area contributed by atoms with Gasteiger partial charge in [-0.15, -0.1) is 0 Å². The zero-order valence-electron chi connectivity index (χ0n) is 9.82. The van der Waals surface area contributed by atoms with E-state index < -0.39 is 0 Å². The van der Waals surface area contributed by atoms with Gasteiger partial charge in [-0.05, 0) is 43.5 Å². The van der Waals surface area contributed by atoms with E-state index in [4.69, 9.17) is 0 Å². The third-order valence-corrected chi connectivity index (χ3v) is 3.84. The van der Waals surface area contributed by atoms with Crippen LogP contribution >= 0.6 is 15.9 Å². The molecule has 1 aromatic carbocycles. The quantitative estimate of drug-likeness (QED) is 0.810. The van der Waals surface area contributed by atoms with Gasteiger partial charge in [-0.25, -0.2) is 0 Å². The first-order chi connectivity index (χ1) is 8.08. The van der Waals surface area contributed by atoms with E-state index in [-0.39, 0.29) is 11.7 Å². The molecule has 0 aliphatic carbocycles. The van der Waals surface area contributed by atoms with Crippen molar-refractivity contribution in [2.75, 3.05) is 13.1 Å². The fourth-order valence-electron chi connectivity index (χ4n) is 2.17. The summed E-state index contributed by atoms with van der Waals surface area (Å²) >= 11 is 3.57. The number of hydrogen-bond acceptors (Lipinski definition) is 2. The zero-order chi connectivity index (χ0) is 12.4. The SMILES string of the molecule is Cc1cc(O)ccc1C(=O)N1CCCC(Br)C1. The summed E-state index contributed by atoms with van der Waals surface area (Å²) in [5, 5.41) is 9.34. The van der Waals surface area contributed by atoms with Crippen LogP contribution in [0.4, 0.5) is 0 Å². The highest BCUT2D eigenvalue weighted by Crippen LogP contribution is 2.21. The first kappa shape index (κ1) is 12.4. The summed E-state index contributed by atoms with van der Waals surface area (Å²) in [6.45, 7) is 3.43. The predicted molar refractivity (Wildman–Crippen MR) is 70.7 cm³/mol. The molecule has 1 aromatic rings. The Hall–Kier alpha value is -1.03. The van der Waals surface area contributed by atoms with E-state index in [1.54, 1.807) is 18.2 Å². The van der Waals surface area contributed by atoms with E-state index >= 15 is 0 Å². The van der Waals surface area contributed by atoms with Crippen LogP contribution in [0.5, 0.6) is 5.75 Å². The van der Waals surface area contributed by atoms with Gasteiger partial charge in [0.2, 0.25) is 0 Å². The van der Waals surface area contributed by atoms with E-state index in [0.29, 0.717) is 10.4 Å². The van der Waals surface area contributed by atoms with Gasteiger partial charge in [0.05, 0.1) is 0 Å². The number of phenols is 1. The Morgan fingerprint density at radius 2 is 2.29 bits per heavy atom. The van der Waals surface area contributed by atoms with E-state index in [1.165, 1.54) is 0 Å². The van der Waals surface area contributed by atoms with Gasteiger partial charge in [-0.2, -0.15) is 0 Å². The largest absolute Gasteiger partial charge is 0.508 e. The second kappa shape index (κ2) is 5.08. The lowest BCUT2D eigenvalue weighted by Crippen LogP contribution is -2.40. The second-order valence-corrected chi connectivity index (χ2v) is 5.78. The molecule has 0 saturated carbocycles.